The van der Waals surface area contributed by atoms with Crippen molar-refractivity contribution in [1.82, 2.24) is 8.61 Å². The first-order valence-electron chi connectivity index (χ1n) is 9.03. The molecular formula is C19H24N2O3S. The van der Waals surface area contributed by atoms with Crippen LogP contribution in [0.25, 0.3) is 0 Å². The Labute approximate surface area is 149 Å². The van der Waals surface area contributed by atoms with Crippen molar-refractivity contribution >= 4 is 10.2 Å². The maximum absolute atomic E-state index is 13.4. The summed E-state index contributed by atoms with van der Waals surface area (Å²) in [4.78, 5) is 0. The first kappa shape index (κ1) is 16.8. The molecule has 0 aliphatic carbocycles. The summed E-state index contributed by atoms with van der Waals surface area (Å²) >= 11 is 0. The van der Waals surface area contributed by atoms with Crippen LogP contribution in [0.15, 0.2) is 47.1 Å². The van der Waals surface area contributed by atoms with E-state index in [0.29, 0.717) is 19.6 Å². The molecule has 3 heterocycles. The molecule has 2 aliphatic heterocycles. The molecule has 0 radical (unpaired) electrons. The van der Waals surface area contributed by atoms with E-state index in [0.717, 1.165) is 43.4 Å². The molecule has 0 amide bonds. The second-order valence-corrected chi connectivity index (χ2v) is 8.73. The van der Waals surface area contributed by atoms with Crippen molar-refractivity contribution in [1.29, 1.82) is 0 Å². The van der Waals surface area contributed by atoms with Crippen LogP contribution in [0, 0.1) is 0 Å². The Morgan fingerprint density at radius 2 is 1.80 bits per heavy atom. The van der Waals surface area contributed by atoms with Crippen LogP contribution < -0.4 is 0 Å². The monoisotopic (exact) mass is 360 g/mol. The predicted molar refractivity (Wildman–Crippen MR) is 96.1 cm³/mol. The third-order valence-corrected chi connectivity index (χ3v) is 7.29. The fraction of sp³-hybridized carbons (Fsp3) is 0.474. The molecule has 1 fully saturated rings. The number of fused-ring (bicyclic) bond motifs is 1. The zero-order chi connectivity index (χ0) is 17.3. The lowest BCUT2D eigenvalue weighted by Crippen LogP contribution is -2.47. The SMILES string of the molecule is O=S(=O)(N1CCc2ccccc2C1)N1CCCCC[C@H]1c1ccco1. The zero-order valence-electron chi connectivity index (χ0n) is 14.3. The number of hydrogen-bond acceptors (Lipinski definition) is 3. The summed E-state index contributed by atoms with van der Waals surface area (Å²) in [5.74, 6) is 0.753. The van der Waals surface area contributed by atoms with Crippen LogP contribution >= 0.6 is 0 Å². The van der Waals surface area contributed by atoms with Gasteiger partial charge >= 0.3 is 0 Å². The number of furan rings is 1. The van der Waals surface area contributed by atoms with E-state index in [2.05, 4.69) is 6.07 Å². The van der Waals surface area contributed by atoms with E-state index in [1.54, 1.807) is 14.9 Å². The quantitative estimate of drug-likeness (QED) is 0.842. The third-order valence-electron chi connectivity index (χ3n) is 5.29. The van der Waals surface area contributed by atoms with Gasteiger partial charge in [0.15, 0.2) is 0 Å². The van der Waals surface area contributed by atoms with Crippen LogP contribution in [0.3, 0.4) is 0 Å². The molecule has 1 aromatic heterocycles. The van der Waals surface area contributed by atoms with Crippen LogP contribution in [0.4, 0.5) is 0 Å². The van der Waals surface area contributed by atoms with Gasteiger partial charge in [-0.2, -0.15) is 17.0 Å². The number of hydrogen-bond donors (Lipinski definition) is 0. The first-order chi connectivity index (χ1) is 12.2. The second-order valence-electron chi connectivity index (χ2n) is 6.85. The van der Waals surface area contributed by atoms with Crippen molar-refractivity contribution in [2.24, 2.45) is 0 Å². The molecule has 5 nitrogen and oxygen atoms in total. The van der Waals surface area contributed by atoms with E-state index in [1.807, 2.05) is 30.3 Å². The molecule has 2 aromatic rings. The van der Waals surface area contributed by atoms with Gasteiger partial charge in [-0.1, -0.05) is 37.1 Å². The summed E-state index contributed by atoms with van der Waals surface area (Å²) in [5.41, 5.74) is 2.37. The highest BCUT2D eigenvalue weighted by atomic mass is 32.2. The van der Waals surface area contributed by atoms with Gasteiger partial charge in [0, 0.05) is 19.6 Å². The summed E-state index contributed by atoms with van der Waals surface area (Å²) in [7, 11) is -3.52. The van der Waals surface area contributed by atoms with E-state index in [9.17, 15) is 8.42 Å². The summed E-state index contributed by atoms with van der Waals surface area (Å²) in [6.07, 6.45) is 6.21. The lowest BCUT2D eigenvalue weighted by atomic mass is 10.0. The zero-order valence-corrected chi connectivity index (χ0v) is 15.1. The van der Waals surface area contributed by atoms with Gasteiger partial charge < -0.3 is 4.42 Å². The average molecular weight is 360 g/mol. The smallest absolute Gasteiger partial charge is 0.282 e. The molecule has 2 aliphatic rings. The van der Waals surface area contributed by atoms with Crippen LogP contribution in [0.1, 0.15) is 48.6 Å². The van der Waals surface area contributed by atoms with Gasteiger partial charge in [-0.3, -0.25) is 0 Å². The van der Waals surface area contributed by atoms with Gasteiger partial charge in [-0.05, 0) is 42.5 Å². The summed E-state index contributed by atoms with van der Waals surface area (Å²) in [6.45, 7) is 1.56. The number of nitrogens with zero attached hydrogens (tertiary/aromatic N) is 2. The van der Waals surface area contributed by atoms with Gasteiger partial charge in [-0.15, -0.1) is 0 Å². The Morgan fingerprint density at radius 1 is 0.960 bits per heavy atom. The van der Waals surface area contributed by atoms with Crippen molar-refractivity contribution in [3.63, 3.8) is 0 Å². The number of benzene rings is 1. The largest absolute Gasteiger partial charge is 0.468 e. The first-order valence-corrected chi connectivity index (χ1v) is 10.4. The standard InChI is InChI=1S/C19H24N2O3S/c22-25(23,20-13-11-16-7-3-4-8-17(16)15-20)21-12-5-1-2-9-18(21)19-10-6-14-24-19/h3-4,6-8,10,14,18H,1-2,5,9,11-13,15H2/t18-/m0/s1. The van der Waals surface area contributed by atoms with Crippen LogP contribution in [0.5, 0.6) is 0 Å². The van der Waals surface area contributed by atoms with E-state index in [1.165, 1.54) is 5.56 Å². The molecule has 0 N–H and O–H groups in total. The molecule has 0 saturated carbocycles. The third kappa shape index (κ3) is 3.26. The molecule has 6 heteroatoms. The van der Waals surface area contributed by atoms with Gasteiger partial charge in [0.1, 0.15) is 5.76 Å². The number of rotatable bonds is 3. The van der Waals surface area contributed by atoms with Crippen molar-refractivity contribution in [3.8, 4) is 0 Å². The minimum absolute atomic E-state index is 0.195. The van der Waals surface area contributed by atoms with Crippen LogP contribution in [-0.4, -0.2) is 30.1 Å². The lowest BCUT2D eigenvalue weighted by molar-refractivity contribution is 0.254. The van der Waals surface area contributed by atoms with Gasteiger partial charge in [-0.25, -0.2) is 0 Å². The Balaban J connectivity index is 1.64. The molecular weight excluding hydrogens is 336 g/mol. The maximum atomic E-state index is 13.4. The highest BCUT2D eigenvalue weighted by Gasteiger charge is 2.38. The highest BCUT2D eigenvalue weighted by molar-refractivity contribution is 7.86. The topological polar surface area (TPSA) is 53.8 Å². The van der Waals surface area contributed by atoms with Crippen molar-refractivity contribution in [2.75, 3.05) is 13.1 Å². The summed E-state index contributed by atoms with van der Waals surface area (Å²) in [6, 6.07) is 11.7. The Kier molecular flexibility index (Phi) is 4.67. The molecule has 134 valence electrons. The van der Waals surface area contributed by atoms with Crippen LogP contribution in [0.2, 0.25) is 0 Å². The predicted octanol–water partition coefficient (Wildman–Crippen LogP) is 3.50. The fourth-order valence-electron chi connectivity index (χ4n) is 3.94. The summed E-state index contributed by atoms with van der Waals surface area (Å²) < 4.78 is 35.7. The van der Waals surface area contributed by atoms with E-state index >= 15 is 0 Å². The minimum atomic E-state index is -3.52. The lowest BCUT2D eigenvalue weighted by Gasteiger charge is -2.35. The molecule has 1 atom stereocenters. The highest BCUT2D eigenvalue weighted by Crippen LogP contribution is 2.34. The van der Waals surface area contributed by atoms with Gasteiger partial charge in [0.25, 0.3) is 10.2 Å². The van der Waals surface area contributed by atoms with E-state index in [-0.39, 0.29) is 6.04 Å². The average Bonchev–Trinajstić information content (AvgIpc) is 3.05. The van der Waals surface area contributed by atoms with E-state index < -0.39 is 10.2 Å². The second kappa shape index (κ2) is 6.94. The molecule has 4 rings (SSSR count). The van der Waals surface area contributed by atoms with E-state index in [4.69, 9.17) is 4.42 Å². The molecule has 0 bridgehead atoms. The minimum Gasteiger partial charge on any atom is -0.468 e. The van der Waals surface area contributed by atoms with Crippen molar-refractivity contribution < 1.29 is 12.8 Å². The van der Waals surface area contributed by atoms with Crippen molar-refractivity contribution in [2.45, 2.75) is 44.7 Å². The normalized spacial score (nSPS) is 23.1. The molecule has 1 saturated heterocycles. The van der Waals surface area contributed by atoms with Crippen LogP contribution in [-0.2, 0) is 23.2 Å². The van der Waals surface area contributed by atoms with Crippen molar-refractivity contribution in [3.05, 3.63) is 59.5 Å². The molecule has 25 heavy (non-hydrogen) atoms. The maximum Gasteiger partial charge on any atom is 0.282 e. The van der Waals surface area contributed by atoms with Gasteiger partial charge in [0.2, 0.25) is 0 Å². The fourth-order valence-corrected chi connectivity index (χ4v) is 5.75. The molecule has 1 aromatic carbocycles. The summed E-state index contributed by atoms with van der Waals surface area (Å²) in [5, 5.41) is 0. The molecule has 0 spiro atoms. The Hall–Kier alpha value is -1.63. The Morgan fingerprint density at radius 3 is 2.60 bits per heavy atom. The van der Waals surface area contributed by atoms with Gasteiger partial charge in [0.05, 0.1) is 12.3 Å². The molecule has 0 unspecified atom stereocenters. The Bertz CT molecular complexity index is 817.